The molecule has 2 aliphatic heterocycles. The van der Waals surface area contributed by atoms with Crippen LogP contribution in [0.3, 0.4) is 0 Å². The maximum Gasteiger partial charge on any atom is 0.412 e. The van der Waals surface area contributed by atoms with Gasteiger partial charge in [0, 0.05) is 6.54 Å². The van der Waals surface area contributed by atoms with E-state index in [9.17, 15) is 9.90 Å². The molecule has 0 spiro atoms. The summed E-state index contributed by atoms with van der Waals surface area (Å²) in [6, 6.07) is 9.60. The summed E-state index contributed by atoms with van der Waals surface area (Å²) in [5.74, 6) is 1.31. The summed E-state index contributed by atoms with van der Waals surface area (Å²) in [5.41, 5.74) is 0.142. The van der Waals surface area contributed by atoms with Crippen LogP contribution in [0.1, 0.15) is 77.7 Å². The van der Waals surface area contributed by atoms with Crippen molar-refractivity contribution in [1.29, 1.82) is 0 Å². The van der Waals surface area contributed by atoms with E-state index in [1.165, 1.54) is 44.9 Å². The van der Waals surface area contributed by atoms with Crippen LogP contribution in [0.25, 0.3) is 0 Å². The van der Waals surface area contributed by atoms with E-state index >= 15 is 0 Å². The van der Waals surface area contributed by atoms with Gasteiger partial charge in [0.2, 0.25) is 0 Å². The van der Waals surface area contributed by atoms with Crippen molar-refractivity contribution in [3.8, 4) is 0 Å². The van der Waals surface area contributed by atoms with Crippen LogP contribution in [0, 0.1) is 11.8 Å². The number of rotatable bonds is 7. The summed E-state index contributed by atoms with van der Waals surface area (Å²) in [7, 11) is 0. The molecule has 0 radical (unpaired) electrons. The fourth-order valence-corrected chi connectivity index (χ4v) is 6.11. The number of carbonyl (C=O) groups excluding carboxylic acids is 1. The fourth-order valence-electron chi connectivity index (χ4n) is 6.11. The van der Waals surface area contributed by atoms with E-state index < -0.39 is 17.9 Å². The fraction of sp³-hybridized carbons (Fsp3) is 0.750. The van der Waals surface area contributed by atoms with Crippen molar-refractivity contribution in [3.63, 3.8) is 0 Å². The van der Waals surface area contributed by atoms with Gasteiger partial charge in [0.15, 0.2) is 0 Å². The lowest BCUT2D eigenvalue weighted by molar-refractivity contribution is -0.105. The van der Waals surface area contributed by atoms with Gasteiger partial charge < -0.3 is 19.5 Å². The Balaban J connectivity index is 1.48. The lowest BCUT2D eigenvalue weighted by Crippen LogP contribution is -2.51. The maximum atomic E-state index is 13.4. The molecule has 1 saturated carbocycles. The van der Waals surface area contributed by atoms with Gasteiger partial charge in [-0.05, 0) is 63.6 Å². The summed E-state index contributed by atoms with van der Waals surface area (Å²) >= 11 is 0. The summed E-state index contributed by atoms with van der Waals surface area (Å²) in [6.45, 7) is 9.04. The second-order valence-electron chi connectivity index (χ2n) is 11.3. The zero-order chi connectivity index (χ0) is 24.1. The van der Waals surface area contributed by atoms with Crippen molar-refractivity contribution in [2.24, 2.45) is 11.8 Å². The van der Waals surface area contributed by atoms with Crippen molar-refractivity contribution in [3.05, 3.63) is 35.9 Å². The highest BCUT2D eigenvalue weighted by Crippen LogP contribution is 2.40. The lowest BCUT2D eigenvalue weighted by Gasteiger charge is -2.36. The average molecular weight is 473 g/mol. The Hall–Kier alpha value is -1.63. The molecule has 4 rings (SSSR count). The molecular weight excluding hydrogens is 428 g/mol. The van der Waals surface area contributed by atoms with Crippen LogP contribution in [-0.2, 0) is 16.1 Å². The SMILES string of the molecule is CC1CCN(C[C@@H](O)[C@H]2OC(C)(C)N(C(=O)OCc3ccccc3)[C@H]2CC2CCCCC2)CC1. The van der Waals surface area contributed by atoms with Crippen LogP contribution in [0.15, 0.2) is 30.3 Å². The molecule has 1 aliphatic carbocycles. The van der Waals surface area contributed by atoms with Crippen molar-refractivity contribution < 1.29 is 19.4 Å². The van der Waals surface area contributed by atoms with Gasteiger partial charge in [0.1, 0.15) is 18.4 Å². The van der Waals surface area contributed by atoms with Crippen LogP contribution in [-0.4, -0.2) is 64.6 Å². The number of β-amino-alcohol motifs (C(OH)–C–C–N with tert-alkyl or cyclic N) is 1. The van der Waals surface area contributed by atoms with E-state index in [0.29, 0.717) is 12.5 Å². The third kappa shape index (κ3) is 6.32. The third-order valence-corrected chi connectivity index (χ3v) is 8.12. The Kier molecular flexibility index (Phi) is 8.54. The van der Waals surface area contributed by atoms with Gasteiger partial charge >= 0.3 is 6.09 Å². The molecule has 3 aliphatic rings. The number of hydrogen-bond acceptors (Lipinski definition) is 5. The molecule has 3 atom stereocenters. The highest BCUT2D eigenvalue weighted by Gasteiger charge is 2.53. The minimum Gasteiger partial charge on any atom is -0.444 e. The standard InChI is InChI=1S/C28H44N2O4/c1-21-14-16-29(17-15-21)19-25(31)26-24(18-22-10-6-4-7-11-22)30(28(2,3)34-26)27(32)33-20-23-12-8-5-9-13-23/h5,8-9,12-13,21-22,24-26,31H,4,6-7,10-11,14-20H2,1-3H3/t24-,25+,26-/m0/s1. The Labute approximate surface area is 205 Å². The third-order valence-electron chi connectivity index (χ3n) is 8.12. The Morgan fingerprint density at radius 1 is 1.12 bits per heavy atom. The van der Waals surface area contributed by atoms with Gasteiger partial charge in [0.05, 0.1) is 12.1 Å². The van der Waals surface area contributed by atoms with E-state index in [2.05, 4.69) is 11.8 Å². The lowest BCUT2D eigenvalue weighted by atomic mass is 9.82. The first-order chi connectivity index (χ1) is 16.3. The van der Waals surface area contributed by atoms with Crippen molar-refractivity contribution in [1.82, 2.24) is 9.80 Å². The number of ether oxygens (including phenoxy) is 2. The van der Waals surface area contributed by atoms with Crippen LogP contribution >= 0.6 is 0 Å². The molecule has 1 aromatic carbocycles. The molecule has 190 valence electrons. The Morgan fingerprint density at radius 3 is 2.47 bits per heavy atom. The van der Waals surface area contributed by atoms with E-state index in [4.69, 9.17) is 9.47 Å². The molecule has 0 aromatic heterocycles. The second kappa shape index (κ2) is 11.4. The number of carbonyl (C=O) groups is 1. The molecule has 34 heavy (non-hydrogen) atoms. The molecule has 0 bridgehead atoms. The minimum absolute atomic E-state index is 0.180. The Morgan fingerprint density at radius 2 is 1.79 bits per heavy atom. The van der Waals surface area contributed by atoms with Gasteiger partial charge in [-0.3, -0.25) is 4.90 Å². The van der Waals surface area contributed by atoms with Crippen LogP contribution in [0.4, 0.5) is 4.79 Å². The number of aliphatic hydroxyl groups is 1. The molecule has 0 unspecified atom stereocenters. The highest BCUT2D eigenvalue weighted by molar-refractivity contribution is 5.69. The van der Waals surface area contributed by atoms with E-state index in [-0.39, 0.29) is 18.7 Å². The molecular formula is C28H44N2O4. The minimum atomic E-state index is -0.824. The normalized spacial score (nSPS) is 27.6. The number of aliphatic hydroxyl groups excluding tert-OH is 1. The smallest absolute Gasteiger partial charge is 0.412 e. The van der Waals surface area contributed by atoms with Crippen molar-refractivity contribution >= 4 is 6.09 Å². The summed E-state index contributed by atoms with van der Waals surface area (Å²) in [6.07, 6.45) is 8.00. The molecule has 1 amide bonds. The van der Waals surface area contributed by atoms with Crippen molar-refractivity contribution in [2.75, 3.05) is 19.6 Å². The predicted molar refractivity (Wildman–Crippen MR) is 133 cm³/mol. The summed E-state index contributed by atoms with van der Waals surface area (Å²) in [4.78, 5) is 17.6. The largest absolute Gasteiger partial charge is 0.444 e. The molecule has 2 heterocycles. The van der Waals surface area contributed by atoms with Gasteiger partial charge in [-0.2, -0.15) is 0 Å². The number of piperidine rings is 1. The number of nitrogens with zero attached hydrogens (tertiary/aromatic N) is 2. The van der Waals surface area contributed by atoms with E-state index in [0.717, 1.165) is 31.0 Å². The first kappa shape index (κ1) is 25.5. The second-order valence-corrected chi connectivity index (χ2v) is 11.3. The van der Waals surface area contributed by atoms with Crippen LogP contribution in [0.2, 0.25) is 0 Å². The number of amides is 1. The number of likely N-dealkylation sites (tertiary alicyclic amines) is 1. The van der Waals surface area contributed by atoms with Crippen molar-refractivity contribution in [2.45, 2.75) is 103 Å². The zero-order valence-electron chi connectivity index (χ0n) is 21.3. The first-order valence-corrected chi connectivity index (χ1v) is 13.4. The van der Waals surface area contributed by atoms with Gasteiger partial charge in [0.25, 0.3) is 0 Å². The molecule has 1 aromatic rings. The topological polar surface area (TPSA) is 62.2 Å². The quantitative estimate of drug-likeness (QED) is 0.592. The van der Waals surface area contributed by atoms with E-state index in [1.807, 2.05) is 44.2 Å². The summed E-state index contributed by atoms with van der Waals surface area (Å²) < 4.78 is 12.2. The molecule has 1 N–H and O–H groups in total. The molecule has 3 fully saturated rings. The predicted octanol–water partition coefficient (Wildman–Crippen LogP) is 5.19. The Bertz CT molecular complexity index is 772. The molecule has 2 saturated heterocycles. The maximum absolute atomic E-state index is 13.4. The van der Waals surface area contributed by atoms with Gasteiger partial charge in [-0.15, -0.1) is 0 Å². The number of benzene rings is 1. The van der Waals surface area contributed by atoms with Crippen LogP contribution < -0.4 is 0 Å². The number of hydrogen-bond donors (Lipinski definition) is 1. The highest BCUT2D eigenvalue weighted by atomic mass is 16.6. The zero-order valence-corrected chi connectivity index (χ0v) is 21.3. The van der Waals surface area contributed by atoms with Gasteiger partial charge in [-0.25, -0.2) is 4.79 Å². The molecule has 6 heteroatoms. The van der Waals surface area contributed by atoms with Gasteiger partial charge in [-0.1, -0.05) is 69.4 Å². The van der Waals surface area contributed by atoms with Crippen LogP contribution in [0.5, 0.6) is 0 Å². The summed E-state index contributed by atoms with van der Waals surface area (Å²) in [5, 5.41) is 11.4. The van der Waals surface area contributed by atoms with E-state index in [1.54, 1.807) is 4.90 Å². The first-order valence-electron chi connectivity index (χ1n) is 13.4. The molecule has 6 nitrogen and oxygen atoms in total. The average Bonchev–Trinajstić information content (AvgIpc) is 3.10. The monoisotopic (exact) mass is 472 g/mol.